The molecule has 0 aliphatic carbocycles. The summed E-state index contributed by atoms with van der Waals surface area (Å²) in [5.41, 5.74) is 2.31. The molecule has 1 aromatic heterocycles. The third-order valence-electron chi connectivity index (χ3n) is 5.97. The zero-order valence-electron chi connectivity index (χ0n) is 16.0. The average molecular weight is 368 g/mol. The van der Waals surface area contributed by atoms with Gasteiger partial charge in [-0.2, -0.15) is 0 Å². The molecule has 27 heavy (non-hydrogen) atoms. The predicted molar refractivity (Wildman–Crippen MR) is 102 cm³/mol. The number of carbonyl (C=O) groups excluding carboxylic acids is 1. The van der Waals surface area contributed by atoms with Crippen LogP contribution in [0.2, 0.25) is 0 Å². The van der Waals surface area contributed by atoms with E-state index < -0.39 is 0 Å². The van der Waals surface area contributed by atoms with E-state index in [1.165, 1.54) is 11.1 Å². The molecule has 1 atom stereocenters. The molecule has 0 bridgehead atoms. The van der Waals surface area contributed by atoms with Gasteiger partial charge in [-0.3, -0.25) is 4.79 Å². The Morgan fingerprint density at radius 2 is 2.11 bits per heavy atom. The summed E-state index contributed by atoms with van der Waals surface area (Å²) in [6, 6.07) is 8.50. The van der Waals surface area contributed by atoms with Crippen molar-refractivity contribution < 1.29 is 4.79 Å². The van der Waals surface area contributed by atoms with Crippen LogP contribution in [-0.2, 0) is 17.9 Å². The number of aromatic nitrogens is 4. The highest BCUT2D eigenvalue weighted by atomic mass is 16.2. The molecule has 7 heteroatoms. The van der Waals surface area contributed by atoms with Crippen molar-refractivity contribution in [3.63, 3.8) is 0 Å². The Kier molecular flexibility index (Phi) is 5.20. The van der Waals surface area contributed by atoms with Crippen LogP contribution in [0, 0.1) is 12.3 Å². The Morgan fingerprint density at radius 3 is 2.93 bits per heavy atom. The molecule has 7 nitrogen and oxygen atoms in total. The van der Waals surface area contributed by atoms with E-state index in [1.807, 2.05) is 0 Å². The molecule has 1 unspecified atom stereocenters. The zero-order valence-corrected chi connectivity index (χ0v) is 16.0. The fourth-order valence-electron chi connectivity index (χ4n) is 4.60. The quantitative estimate of drug-likeness (QED) is 0.779. The van der Waals surface area contributed by atoms with Crippen LogP contribution >= 0.6 is 0 Å². The van der Waals surface area contributed by atoms with E-state index in [1.54, 1.807) is 11.0 Å². The van der Waals surface area contributed by atoms with E-state index in [0.29, 0.717) is 5.91 Å². The second kappa shape index (κ2) is 7.76. The smallest absolute Gasteiger partial charge is 0.230 e. The van der Waals surface area contributed by atoms with Crippen molar-refractivity contribution in [1.29, 1.82) is 0 Å². The van der Waals surface area contributed by atoms with Crippen LogP contribution in [0.1, 0.15) is 36.8 Å². The molecular weight excluding hydrogens is 340 g/mol. The van der Waals surface area contributed by atoms with Crippen molar-refractivity contribution in [3.8, 4) is 0 Å². The highest BCUT2D eigenvalue weighted by Gasteiger charge is 2.47. The molecule has 1 spiro atoms. The Labute approximate surface area is 160 Å². The second-order valence-corrected chi connectivity index (χ2v) is 8.05. The van der Waals surface area contributed by atoms with Gasteiger partial charge < -0.3 is 9.80 Å². The van der Waals surface area contributed by atoms with E-state index in [2.05, 4.69) is 56.5 Å². The normalized spacial score (nSPS) is 23.4. The highest BCUT2D eigenvalue weighted by molar-refractivity contribution is 5.84. The summed E-state index contributed by atoms with van der Waals surface area (Å²) >= 11 is 0. The number of aryl methyl sites for hydroxylation is 2. The van der Waals surface area contributed by atoms with Crippen molar-refractivity contribution in [2.75, 3.05) is 26.2 Å². The number of nitrogens with zero attached hydrogens (tertiary/aromatic N) is 6. The third-order valence-corrected chi connectivity index (χ3v) is 5.97. The molecule has 0 radical (unpaired) electrons. The van der Waals surface area contributed by atoms with E-state index in [4.69, 9.17) is 0 Å². The standard InChI is InChI=1S/C20H28N6O/c1-17-5-2-6-18(13-17)14-25-10-3-7-20(19(25)27)8-12-24(15-20)9-4-11-26-16-21-22-23-26/h2,5-6,13,16H,3-4,7-12,14-15H2,1H3. The largest absolute Gasteiger partial charge is 0.338 e. The molecule has 2 saturated heterocycles. The van der Waals surface area contributed by atoms with Crippen molar-refractivity contribution >= 4 is 5.91 Å². The van der Waals surface area contributed by atoms with Crippen molar-refractivity contribution in [1.82, 2.24) is 30.0 Å². The maximum atomic E-state index is 13.3. The van der Waals surface area contributed by atoms with Gasteiger partial charge in [0.25, 0.3) is 0 Å². The van der Waals surface area contributed by atoms with E-state index in [9.17, 15) is 4.79 Å². The molecule has 144 valence electrons. The Morgan fingerprint density at radius 1 is 1.19 bits per heavy atom. The van der Waals surface area contributed by atoms with Gasteiger partial charge in [0.05, 0.1) is 5.41 Å². The van der Waals surface area contributed by atoms with Gasteiger partial charge in [-0.15, -0.1) is 5.10 Å². The van der Waals surface area contributed by atoms with Crippen LogP contribution in [0.25, 0.3) is 0 Å². The van der Waals surface area contributed by atoms with Crippen LogP contribution in [0.15, 0.2) is 30.6 Å². The van der Waals surface area contributed by atoms with Crippen LogP contribution < -0.4 is 0 Å². The number of tetrazole rings is 1. The average Bonchev–Trinajstić information content (AvgIpc) is 3.30. The maximum absolute atomic E-state index is 13.3. The number of rotatable bonds is 6. The van der Waals surface area contributed by atoms with E-state index >= 15 is 0 Å². The van der Waals surface area contributed by atoms with Crippen LogP contribution in [0.4, 0.5) is 0 Å². The second-order valence-electron chi connectivity index (χ2n) is 8.05. The fraction of sp³-hybridized carbons (Fsp3) is 0.600. The predicted octanol–water partition coefficient (Wildman–Crippen LogP) is 1.89. The van der Waals surface area contributed by atoms with Crippen LogP contribution in [0.5, 0.6) is 0 Å². The van der Waals surface area contributed by atoms with Gasteiger partial charge in [-0.25, -0.2) is 4.68 Å². The third kappa shape index (κ3) is 4.03. The fourth-order valence-corrected chi connectivity index (χ4v) is 4.60. The minimum absolute atomic E-state index is 0.170. The zero-order chi connectivity index (χ0) is 18.7. The highest BCUT2D eigenvalue weighted by Crippen LogP contribution is 2.40. The summed E-state index contributed by atoms with van der Waals surface area (Å²) in [5.74, 6) is 0.359. The maximum Gasteiger partial charge on any atom is 0.230 e. The first kappa shape index (κ1) is 18.1. The molecule has 3 heterocycles. The number of piperidine rings is 1. The minimum atomic E-state index is -0.170. The summed E-state index contributed by atoms with van der Waals surface area (Å²) in [5, 5.41) is 11.2. The van der Waals surface area contributed by atoms with Crippen molar-refractivity contribution in [2.24, 2.45) is 5.41 Å². The lowest BCUT2D eigenvalue weighted by Gasteiger charge is -2.39. The molecule has 4 rings (SSSR count). The lowest BCUT2D eigenvalue weighted by Crippen LogP contribution is -2.49. The number of hydrogen-bond donors (Lipinski definition) is 0. The van der Waals surface area contributed by atoms with Gasteiger partial charge in [0.15, 0.2) is 0 Å². The van der Waals surface area contributed by atoms with Gasteiger partial charge in [0.1, 0.15) is 6.33 Å². The summed E-state index contributed by atoms with van der Waals surface area (Å²) in [7, 11) is 0. The molecular formula is C20H28N6O. The topological polar surface area (TPSA) is 67.2 Å². The molecule has 2 aromatic rings. The van der Waals surface area contributed by atoms with Crippen LogP contribution in [0.3, 0.4) is 0 Å². The first-order chi connectivity index (χ1) is 13.1. The number of benzene rings is 1. The molecule has 1 amide bonds. The summed E-state index contributed by atoms with van der Waals surface area (Å²) in [6.07, 6.45) is 5.78. The van der Waals surface area contributed by atoms with Crippen LogP contribution in [-0.4, -0.2) is 62.1 Å². The summed E-state index contributed by atoms with van der Waals surface area (Å²) in [6.45, 7) is 7.45. The summed E-state index contributed by atoms with van der Waals surface area (Å²) < 4.78 is 1.77. The summed E-state index contributed by atoms with van der Waals surface area (Å²) in [4.78, 5) is 17.8. The molecule has 0 saturated carbocycles. The van der Waals surface area contributed by atoms with Gasteiger partial charge >= 0.3 is 0 Å². The van der Waals surface area contributed by atoms with Gasteiger partial charge in [-0.1, -0.05) is 29.8 Å². The van der Waals surface area contributed by atoms with E-state index in [0.717, 1.165) is 65.0 Å². The number of hydrogen-bond acceptors (Lipinski definition) is 5. The number of likely N-dealkylation sites (tertiary alicyclic amines) is 2. The minimum Gasteiger partial charge on any atom is -0.338 e. The van der Waals surface area contributed by atoms with E-state index in [-0.39, 0.29) is 5.41 Å². The first-order valence-electron chi connectivity index (χ1n) is 9.93. The lowest BCUT2D eigenvalue weighted by molar-refractivity contribution is -0.146. The van der Waals surface area contributed by atoms with Gasteiger partial charge in [-0.05, 0) is 61.7 Å². The van der Waals surface area contributed by atoms with Gasteiger partial charge in [0.2, 0.25) is 5.91 Å². The van der Waals surface area contributed by atoms with Gasteiger partial charge in [0, 0.05) is 26.2 Å². The molecule has 2 aliphatic rings. The molecule has 1 aromatic carbocycles. The number of carbonyl (C=O) groups is 1. The Hall–Kier alpha value is -2.28. The molecule has 2 aliphatic heterocycles. The number of amides is 1. The van der Waals surface area contributed by atoms with Crippen molar-refractivity contribution in [3.05, 3.63) is 41.7 Å². The molecule has 0 N–H and O–H groups in total. The molecule has 2 fully saturated rings. The Balaban J connectivity index is 1.34. The van der Waals surface area contributed by atoms with Crippen molar-refractivity contribution in [2.45, 2.75) is 45.7 Å². The first-order valence-corrected chi connectivity index (χ1v) is 9.93. The Bertz CT molecular complexity index is 777. The lowest BCUT2D eigenvalue weighted by atomic mass is 9.78. The SMILES string of the molecule is Cc1cccc(CN2CCCC3(CCN(CCCn4cnnn4)C3)C2=O)c1. The monoisotopic (exact) mass is 368 g/mol.